The number of aromatic amines is 1. The minimum absolute atomic E-state index is 0.0744. The summed E-state index contributed by atoms with van der Waals surface area (Å²) >= 11 is 5.87. The van der Waals surface area contributed by atoms with Gasteiger partial charge in [-0.2, -0.15) is 5.10 Å². The third kappa shape index (κ3) is 3.45. The van der Waals surface area contributed by atoms with Crippen molar-refractivity contribution in [1.82, 2.24) is 15.5 Å². The number of H-pyrrole nitrogens is 1. The van der Waals surface area contributed by atoms with Crippen molar-refractivity contribution in [2.45, 2.75) is 38.1 Å². The summed E-state index contributed by atoms with van der Waals surface area (Å²) in [6.45, 7) is 0. The van der Waals surface area contributed by atoms with E-state index in [1.54, 1.807) is 6.07 Å². The van der Waals surface area contributed by atoms with E-state index in [1.165, 1.54) is 19.3 Å². The second-order valence-corrected chi connectivity index (χ2v) is 5.92. The smallest absolute Gasteiger partial charge is 0.269 e. The molecule has 21 heavy (non-hydrogen) atoms. The summed E-state index contributed by atoms with van der Waals surface area (Å²) in [6.07, 6.45) is 5.82. The minimum atomic E-state index is -0.0744. The Balaban J connectivity index is 1.69. The van der Waals surface area contributed by atoms with Crippen LogP contribution in [0.4, 0.5) is 0 Å². The maximum atomic E-state index is 12.2. The lowest BCUT2D eigenvalue weighted by Gasteiger charge is -2.22. The normalized spacial score (nSPS) is 15.9. The summed E-state index contributed by atoms with van der Waals surface area (Å²) < 4.78 is 0. The lowest BCUT2D eigenvalue weighted by Crippen LogP contribution is -2.36. The third-order valence-electron chi connectivity index (χ3n) is 3.90. The van der Waals surface area contributed by atoms with Crippen molar-refractivity contribution in [2.24, 2.45) is 0 Å². The van der Waals surface area contributed by atoms with Crippen LogP contribution in [-0.4, -0.2) is 22.1 Å². The van der Waals surface area contributed by atoms with E-state index in [4.69, 9.17) is 11.6 Å². The number of hydrogen-bond donors (Lipinski definition) is 2. The molecule has 3 rings (SSSR count). The summed E-state index contributed by atoms with van der Waals surface area (Å²) in [7, 11) is 0. The molecule has 1 aliphatic carbocycles. The van der Waals surface area contributed by atoms with Crippen LogP contribution >= 0.6 is 11.6 Å². The molecule has 5 heteroatoms. The SMILES string of the molecule is O=C(NC1CCCCC1)c1cc(-c2ccc(Cl)cc2)n[nH]1. The number of aromatic nitrogens is 2. The van der Waals surface area contributed by atoms with Gasteiger partial charge in [0.05, 0.1) is 5.69 Å². The van der Waals surface area contributed by atoms with E-state index in [0.717, 1.165) is 24.1 Å². The molecule has 0 atom stereocenters. The van der Waals surface area contributed by atoms with E-state index in [9.17, 15) is 4.79 Å². The van der Waals surface area contributed by atoms with Gasteiger partial charge in [-0.15, -0.1) is 0 Å². The fourth-order valence-corrected chi connectivity index (χ4v) is 2.84. The Hall–Kier alpha value is -1.81. The zero-order valence-electron chi connectivity index (χ0n) is 11.7. The molecule has 1 fully saturated rings. The molecule has 1 heterocycles. The minimum Gasteiger partial charge on any atom is -0.348 e. The molecule has 0 saturated heterocycles. The van der Waals surface area contributed by atoms with Gasteiger partial charge in [0.25, 0.3) is 5.91 Å². The Labute approximate surface area is 128 Å². The van der Waals surface area contributed by atoms with Gasteiger partial charge in [0.1, 0.15) is 5.69 Å². The number of carbonyl (C=O) groups excluding carboxylic acids is 1. The summed E-state index contributed by atoms with van der Waals surface area (Å²) in [5.41, 5.74) is 2.19. The number of nitrogens with zero attached hydrogens (tertiary/aromatic N) is 1. The molecule has 0 radical (unpaired) electrons. The maximum Gasteiger partial charge on any atom is 0.269 e. The number of rotatable bonds is 3. The fourth-order valence-electron chi connectivity index (χ4n) is 2.72. The van der Waals surface area contributed by atoms with Crippen molar-refractivity contribution in [1.29, 1.82) is 0 Å². The highest BCUT2D eigenvalue weighted by Crippen LogP contribution is 2.21. The van der Waals surface area contributed by atoms with Crippen LogP contribution in [0.5, 0.6) is 0 Å². The Morgan fingerprint density at radius 3 is 2.62 bits per heavy atom. The van der Waals surface area contributed by atoms with Gasteiger partial charge >= 0.3 is 0 Å². The first kappa shape index (κ1) is 14.1. The molecule has 1 amide bonds. The first-order chi connectivity index (χ1) is 10.2. The van der Waals surface area contributed by atoms with Crippen LogP contribution in [0.3, 0.4) is 0 Å². The van der Waals surface area contributed by atoms with Gasteiger partial charge in [-0.05, 0) is 31.0 Å². The van der Waals surface area contributed by atoms with Crippen LogP contribution in [-0.2, 0) is 0 Å². The molecule has 110 valence electrons. The molecule has 2 aromatic rings. The fraction of sp³-hybridized carbons (Fsp3) is 0.375. The van der Waals surface area contributed by atoms with E-state index in [2.05, 4.69) is 15.5 Å². The monoisotopic (exact) mass is 303 g/mol. The maximum absolute atomic E-state index is 12.2. The lowest BCUT2D eigenvalue weighted by atomic mass is 9.95. The zero-order chi connectivity index (χ0) is 14.7. The molecule has 0 aliphatic heterocycles. The summed E-state index contributed by atoms with van der Waals surface area (Å²) in [5.74, 6) is -0.0744. The topological polar surface area (TPSA) is 57.8 Å². The first-order valence-electron chi connectivity index (χ1n) is 7.34. The van der Waals surface area contributed by atoms with Gasteiger partial charge in [-0.25, -0.2) is 0 Å². The Morgan fingerprint density at radius 2 is 1.90 bits per heavy atom. The van der Waals surface area contributed by atoms with Crippen molar-refractivity contribution >= 4 is 17.5 Å². The van der Waals surface area contributed by atoms with E-state index in [0.29, 0.717) is 16.8 Å². The Kier molecular flexibility index (Phi) is 4.25. The molecule has 4 nitrogen and oxygen atoms in total. The number of nitrogens with one attached hydrogen (secondary N) is 2. The van der Waals surface area contributed by atoms with Gasteiger partial charge in [0.2, 0.25) is 0 Å². The molecule has 1 aliphatic rings. The van der Waals surface area contributed by atoms with E-state index in [1.807, 2.05) is 24.3 Å². The quantitative estimate of drug-likeness (QED) is 0.906. The third-order valence-corrected chi connectivity index (χ3v) is 4.15. The summed E-state index contributed by atoms with van der Waals surface area (Å²) in [5, 5.41) is 10.8. The molecular weight excluding hydrogens is 286 g/mol. The highest BCUT2D eigenvalue weighted by Gasteiger charge is 2.18. The van der Waals surface area contributed by atoms with Gasteiger partial charge in [-0.1, -0.05) is 43.0 Å². The first-order valence-corrected chi connectivity index (χ1v) is 7.72. The Morgan fingerprint density at radius 1 is 1.19 bits per heavy atom. The molecule has 2 N–H and O–H groups in total. The summed E-state index contributed by atoms with van der Waals surface area (Å²) in [4.78, 5) is 12.2. The van der Waals surface area contributed by atoms with Gasteiger partial charge in [0.15, 0.2) is 0 Å². The lowest BCUT2D eigenvalue weighted by molar-refractivity contribution is 0.0922. The second kappa shape index (κ2) is 6.31. The Bertz CT molecular complexity index is 615. The number of hydrogen-bond acceptors (Lipinski definition) is 2. The summed E-state index contributed by atoms with van der Waals surface area (Å²) in [6, 6.07) is 9.48. The molecule has 0 bridgehead atoms. The van der Waals surface area contributed by atoms with Crippen LogP contribution in [0.15, 0.2) is 30.3 Å². The van der Waals surface area contributed by atoms with Crippen molar-refractivity contribution in [2.75, 3.05) is 0 Å². The number of amides is 1. The van der Waals surface area contributed by atoms with Crippen molar-refractivity contribution in [3.8, 4) is 11.3 Å². The highest BCUT2D eigenvalue weighted by molar-refractivity contribution is 6.30. The van der Waals surface area contributed by atoms with Crippen LogP contribution in [0.2, 0.25) is 5.02 Å². The predicted molar refractivity (Wildman–Crippen MR) is 83.4 cm³/mol. The van der Waals surface area contributed by atoms with E-state index >= 15 is 0 Å². The molecular formula is C16H18ClN3O. The molecule has 0 unspecified atom stereocenters. The van der Waals surface area contributed by atoms with E-state index in [-0.39, 0.29) is 5.91 Å². The van der Waals surface area contributed by atoms with Crippen molar-refractivity contribution in [3.05, 3.63) is 41.0 Å². The second-order valence-electron chi connectivity index (χ2n) is 5.48. The highest BCUT2D eigenvalue weighted by atomic mass is 35.5. The molecule has 1 saturated carbocycles. The molecule has 0 spiro atoms. The number of carbonyl (C=O) groups is 1. The number of halogens is 1. The zero-order valence-corrected chi connectivity index (χ0v) is 12.5. The van der Waals surface area contributed by atoms with E-state index < -0.39 is 0 Å². The average molecular weight is 304 g/mol. The average Bonchev–Trinajstić information content (AvgIpc) is 2.99. The van der Waals surface area contributed by atoms with Crippen molar-refractivity contribution < 1.29 is 4.79 Å². The predicted octanol–water partition coefficient (Wildman–Crippen LogP) is 3.79. The van der Waals surface area contributed by atoms with Crippen LogP contribution < -0.4 is 5.32 Å². The molecule has 1 aromatic carbocycles. The number of benzene rings is 1. The van der Waals surface area contributed by atoms with Crippen molar-refractivity contribution in [3.63, 3.8) is 0 Å². The van der Waals surface area contributed by atoms with Crippen LogP contribution in [0.25, 0.3) is 11.3 Å². The van der Waals surface area contributed by atoms with Gasteiger partial charge in [0, 0.05) is 16.6 Å². The van der Waals surface area contributed by atoms with Gasteiger partial charge in [-0.3, -0.25) is 9.89 Å². The van der Waals surface area contributed by atoms with Crippen LogP contribution in [0, 0.1) is 0 Å². The largest absolute Gasteiger partial charge is 0.348 e. The van der Waals surface area contributed by atoms with Gasteiger partial charge < -0.3 is 5.32 Å². The van der Waals surface area contributed by atoms with Crippen LogP contribution in [0.1, 0.15) is 42.6 Å². The molecule has 1 aromatic heterocycles. The standard InChI is InChI=1S/C16H18ClN3O/c17-12-8-6-11(7-9-12)14-10-15(20-19-14)16(21)18-13-4-2-1-3-5-13/h6-10,13H,1-5H2,(H,18,21)(H,19,20).